The van der Waals surface area contributed by atoms with Crippen molar-refractivity contribution in [1.82, 2.24) is 4.90 Å². The van der Waals surface area contributed by atoms with E-state index in [0.717, 1.165) is 5.56 Å². The molecular weight excluding hydrogens is 358 g/mol. The summed E-state index contributed by atoms with van der Waals surface area (Å²) in [5, 5.41) is 0.175. The number of thioether (sulfide) groups is 1. The molecule has 0 spiro atoms. The monoisotopic (exact) mass is 387 g/mol. The number of carbonyl (C=O) groups is 2. The molecule has 5 heteroatoms. The SMILES string of the molecule is CC1=C[C@@H]2[C@H](C(=O)SC(C)(C)C)[C@@H](C)[C@H]1CN2C(=O)OCc1ccccc1. The molecule has 1 aliphatic carbocycles. The van der Waals surface area contributed by atoms with Gasteiger partial charge in [-0.05, 0) is 18.4 Å². The third-order valence-corrected chi connectivity index (χ3v) is 6.55. The number of rotatable bonds is 3. The van der Waals surface area contributed by atoms with Gasteiger partial charge in [-0.25, -0.2) is 4.79 Å². The number of benzene rings is 1. The molecular formula is C22H29NO3S. The van der Waals surface area contributed by atoms with Crippen molar-refractivity contribution < 1.29 is 14.3 Å². The largest absolute Gasteiger partial charge is 0.445 e. The third kappa shape index (κ3) is 4.40. The van der Waals surface area contributed by atoms with Gasteiger partial charge in [0.1, 0.15) is 6.61 Å². The second kappa shape index (κ2) is 7.70. The Kier molecular flexibility index (Phi) is 5.71. The molecule has 2 bridgehead atoms. The lowest BCUT2D eigenvalue weighted by atomic mass is 9.67. The van der Waals surface area contributed by atoms with E-state index < -0.39 is 0 Å². The standard InChI is InChI=1S/C22H29NO3S/c1-14-11-18-19(20(24)27-22(3,4)5)15(2)17(14)12-23(18)21(25)26-13-16-9-7-6-8-10-16/h6-11,15,17-19H,12-13H2,1-5H3/t15-,17-,18+,19+/m0/s1. The first kappa shape index (κ1) is 20.0. The minimum Gasteiger partial charge on any atom is -0.445 e. The van der Waals surface area contributed by atoms with Crippen LogP contribution in [0.2, 0.25) is 0 Å². The fourth-order valence-electron chi connectivity index (χ4n) is 4.12. The zero-order chi connectivity index (χ0) is 19.8. The highest BCUT2D eigenvalue weighted by Crippen LogP contribution is 2.46. The van der Waals surface area contributed by atoms with Crippen molar-refractivity contribution in [2.45, 2.75) is 52.0 Å². The summed E-state index contributed by atoms with van der Waals surface area (Å²) in [4.78, 5) is 27.6. The molecule has 2 heterocycles. The Morgan fingerprint density at radius 2 is 1.89 bits per heavy atom. The number of hydrogen-bond acceptors (Lipinski definition) is 4. The minimum absolute atomic E-state index is 0.134. The number of ether oxygens (including phenoxy) is 1. The summed E-state index contributed by atoms with van der Waals surface area (Å²) in [7, 11) is 0. The van der Waals surface area contributed by atoms with E-state index in [1.807, 2.05) is 51.1 Å². The second-order valence-corrected chi connectivity index (χ2v) is 10.4. The Labute approximate surface area is 166 Å². The molecule has 1 fully saturated rings. The molecule has 146 valence electrons. The van der Waals surface area contributed by atoms with Gasteiger partial charge >= 0.3 is 6.09 Å². The maximum absolute atomic E-state index is 13.0. The van der Waals surface area contributed by atoms with Crippen molar-refractivity contribution in [1.29, 1.82) is 0 Å². The Bertz CT molecular complexity index is 738. The van der Waals surface area contributed by atoms with E-state index in [0.29, 0.717) is 6.54 Å². The number of fused-ring (bicyclic) bond motifs is 2. The van der Waals surface area contributed by atoms with E-state index in [1.165, 1.54) is 17.3 Å². The van der Waals surface area contributed by atoms with Gasteiger partial charge in [0, 0.05) is 17.2 Å². The topological polar surface area (TPSA) is 46.6 Å². The summed E-state index contributed by atoms with van der Waals surface area (Å²) in [5.41, 5.74) is 2.24. The molecule has 2 aliphatic heterocycles. The zero-order valence-electron chi connectivity index (χ0n) is 16.8. The Balaban J connectivity index is 1.75. The number of piperidine rings is 1. The molecule has 1 aromatic rings. The quantitative estimate of drug-likeness (QED) is 0.693. The van der Waals surface area contributed by atoms with E-state index in [9.17, 15) is 9.59 Å². The maximum atomic E-state index is 13.0. The molecule has 1 saturated heterocycles. The van der Waals surface area contributed by atoms with Crippen molar-refractivity contribution >= 4 is 23.0 Å². The average molecular weight is 388 g/mol. The highest BCUT2D eigenvalue weighted by molar-refractivity contribution is 8.14. The van der Waals surface area contributed by atoms with Crippen LogP contribution in [0.15, 0.2) is 42.0 Å². The van der Waals surface area contributed by atoms with Crippen molar-refractivity contribution in [3.8, 4) is 0 Å². The number of nitrogens with zero attached hydrogens (tertiary/aromatic N) is 1. The first-order chi connectivity index (χ1) is 12.7. The summed E-state index contributed by atoms with van der Waals surface area (Å²) >= 11 is 1.38. The molecule has 0 unspecified atom stereocenters. The molecule has 27 heavy (non-hydrogen) atoms. The smallest absolute Gasteiger partial charge is 0.410 e. The van der Waals surface area contributed by atoms with Gasteiger partial charge in [-0.1, -0.05) is 81.4 Å². The molecule has 4 nitrogen and oxygen atoms in total. The molecule has 0 radical (unpaired) electrons. The first-order valence-electron chi connectivity index (χ1n) is 9.56. The highest BCUT2D eigenvalue weighted by atomic mass is 32.2. The molecule has 1 amide bonds. The van der Waals surface area contributed by atoms with Crippen LogP contribution in [0.3, 0.4) is 0 Å². The van der Waals surface area contributed by atoms with Crippen molar-refractivity contribution in [2.24, 2.45) is 17.8 Å². The number of amides is 1. The Hall–Kier alpha value is -1.75. The van der Waals surface area contributed by atoms with Crippen LogP contribution in [0.1, 0.15) is 40.2 Å². The van der Waals surface area contributed by atoms with Crippen LogP contribution in [0.25, 0.3) is 0 Å². The molecule has 4 atom stereocenters. The van der Waals surface area contributed by atoms with E-state index in [1.54, 1.807) is 4.90 Å². The van der Waals surface area contributed by atoms with Gasteiger partial charge in [0.2, 0.25) is 0 Å². The molecule has 1 aromatic carbocycles. The number of carbonyl (C=O) groups excluding carboxylic acids is 2. The Morgan fingerprint density at radius 1 is 1.22 bits per heavy atom. The second-order valence-electron chi connectivity index (χ2n) is 8.62. The summed E-state index contributed by atoms with van der Waals surface area (Å²) in [6.45, 7) is 11.3. The molecule has 3 aliphatic rings. The summed E-state index contributed by atoms with van der Waals surface area (Å²) in [6, 6.07) is 9.46. The van der Waals surface area contributed by atoms with E-state index >= 15 is 0 Å². The van der Waals surface area contributed by atoms with E-state index in [4.69, 9.17) is 4.74 Å². The predicted molar refractivity (Wildman–Crippen MR) is 109 cm³/mol. The van der Waals surface area contributed by atoms with Crippen LogP contribution in [0.5, 0.6) is 0 Å². The van der Waals surface area contributed by atoms with Gasteiger partial charge in [-0.15, -0.1) is 0 Å². The lowest BCUT2D eigenvalue weighted by molar-refractivity contribution is -0.120. The van der Waals surface area contributed by atoms with E-state index in [-0.39, 0.29) is 46.4 Å². The average Bonchev–Trinajstić information content (AvgIpc) is 2.59. The van der Waals surface area contributed by atoms with Gasteiger partial charge in [0.05, 0.1) is 12.0 Å². The van der Waals surface area contributed by atoms with Crippen molar-refractivity contribution in [3.63, 3.8) is 0 Å². The Morgan fingerprint density at radius 3 is 2.52 bits per heavy atom. The highest BCUT2D eigenvalue weighted by Gasteiger charge is 2.50. The minimum atomic E-state index is -0.330. The van der Waals surface area contributed by atoms with Crippen LogP contribution >= 0.6 is 11.8 Å². The van der Waals surface area contributed by atoms with Crippen LogP contribution in [-0.2, 0) is 16.1 Å². The van der Waals surface area contributed by atoms with Crippen LogP contribution < -0.4 is 0 Å². The van der Waals surface area contributed by atoms with Crippen LogP contribution in [0.4, 0.5) is 4.79 Å². The third-order valence-electron chi connectivity index (χ3n) is 5.46. The van der Waals surface area contributed by atoms with Crippen LogP contribution in [0, 0.1) is 17.8 Å². The normalized spacial score (nSPS) is 27.3. The molecule has 4 rings (SSSR count). The van der Waals surface area contributed by atoms with E-state index in [2.05, 4.69) is 19.9 Å². The fourth-order valence-corrected chi connectivity index (χ4v) is 5.22. The van der Waals surface area contributed by atoms with Crippen LogP contribution in [-0.4, -0.2) is 33.4 Å². The predicted octanol–water partition coefficient (Wildman–Crippen LogP) is 4.89. The summed E-state index contributed by atoms with van der Waals surface area (Å²) < 4.78 is 5.43. The lowest BCUT2D eigenvalue weighted by Crippen LogP contribution is -2.59. The van der Waals surface area contributed by atoms with Gasteiger partial charge in [-0.3, -0.25) is 4.79 Å². The summed E-state index contributed by atoms with van der Waals surface area (Å²) in [6.07, 6.45) is 1.77. The number of hydrogen-bond donors (Lipinski definition) is 0. The summed E-state index contributed by atoms with van der Waals surface area (Å²) in [5.74, 6) is 0.273. The lowest BCUT2D eigenvalue weighted by Gasteiger charge is -2.51. The van der Waals surface area contributed by atoms with Gasteiger partial charge in [0.15, 0.2) is 5.12 Å². The van der Waals surface area contributed by atoms with Gasteiger partial charge < -0.3 is 9.64 Å². The molecule has 0 N–H and O–H groups in total. The first-order valence-corrected chi connectivity index (χ1v) is 10.4. The van der Waals surface area contributed by atoms with Crippen molar-refractivity contribution in [3.05, 3.63) is 47.5 Å². The fraction of sp³-hybridized carbons (Fsp3) is 0.545. The van der Waals surface area contributed by atoms with Crippen molar-refractivity contribution in [2.75, 3.05) is 6.54 Å². The maximum Gasteiger partial charge on any atom is 0.410 e. The zero-order valence-corrected chi connectivity index (χ0v) is 17.6. The molecule has 0 aromatic heterocycles. The molecule has 0 saturated carbocycles. The van der Waals surface area contributed by atoms with Gasteiger partial charge in [-0.2, -0.15) is 0 Å². The van der Waals surface area contributed by atoms with Gasteiger partial charge in [0.25, 0.3) is 0 Å².